The van der Waals surface area contributed by atoms with Gasteiger partial charge < -0.3 is 0 Å². The van der Waals surface area contributed by atoms with Crippen molar-refractivity contribution in [2.45, 2.75) is 6.92 Å². The Labute approximate surface area is 47.8 Å². The third kappa shape index (κ3) is 1.03. The summed E-state index contributed by atoms with van der Waals surface area (Å²) in [4.78, 5) is 1.35. The summed E-state index contributed by atoms with van der Waals surface area (Å²) in [5.41, 5.74) is 0. The monoisotopic (exact) mass is 111 g/mol. The molecule has 1 heterocycles. The maximum Gasteiger partial charge on any atom is 0.00797 e. The van der Waals surface area contributed by atoms with E-state index in [1.54, 1.807) is 11.3 Å². The molecule has 1 radical (unpaired) electrons. The summed E-state index contributed by atoms with van der Waals surface area (Å²) < 4.78 is 0. The molecule has 1 aromatic heterocycles. The average Bonchev–Trinajstić information content (AvgIpc) is 2.14. The molecule has 1 rings (SSSR count). The maximum absolute atomic E-state index is 2.10. The predicted molar refractivity (Wildman–Crippen MR) is 33.4 cm³/mol. The van der Waals surface area contributed by atoms with Gasteiger partial charge in [0, 0.05) is 4.88 Å². The molecule has 0 aliphatic carbocycles. The lowest BCUT2D eigenvalue weighted by molar-refractivity contribution is 1.52. The molecule has 0 fully saturated rings. The summed E-state index contributed by atoms with van der Waals surface area (Å²) >= 11 is 1.77. The van der Waals surface area contributed by atoms with Crippen molar-refractivity contribution in [3.05, 3.63) is 28.8 Å². The number of rotatable bonds is 1. The van der Waals surface area contributed by atoms with Crippen molar-refractivity contribution >= 4 is 11.3 Å². The highest BCUT2D eigenvalue weighted by Crippen LogP contribution is 2.08. The molecule has 0 saturated heterocycles. The summed E-state index contributed by atoms with van der Waals surface area (Å²) in [6.07, 6.45) is 2.10. The molecule has 0 aromatic carbocycles. The Bertz CT molecular complexity index is 119. The zero-order chi connectivity index (χ0) is 5.11. The van der Waals surface area contributed by atoms with Gasteiger partial charge in [0.2, 0.25) is 0 Å². The van der Waals surface area contributed by atoms with Crippen LogP contribution in [0.15, 0.2) is 17.5 Å². The summed E-state index contributed by atoms with van der Waals surface area (Å²) in [6.45, 7) is 2.05. The minimum atomic E-state index is 1.35. The second-order valence-electron chi connectivity index (χ2n) is 1.30. The van der Waals surface area contributed by atoms with Crippen LogP contribution in [0.5, 0.6) is 0 Å². The molecule has 0 aliphatic rings. The number of thiophene rings is 1. The van der Waals surface area contributed by atoms with Crippen LogP contribution in [0.3, 0.4) is 0 Å². The van der Waals surface area contributed by atoms with E-state index in [0.717, 1.165) is 0 Å². The molecule has 0 spiro atoms. The van der Waals surface area contributed by atoms with Crippen LogP contribution in [0.1, 0.15) is 11.8 Å². The van der Waals surface area contributed by atoms with Gasteiger partial charge in [0.1, 0.15) is 0 Å². The summed E-state index contributed by atoms with van der Waals surface area (Å²) in [5, 5.41) is 2.08. The van der Waals surface area contributed by atoms with Crippen LogP contribution in [0.25, 0.3) is 0 Å². The second kappa shape index (κ2) is 2.12. The lowest BCUT2D eigenvalue weighted by Crippen LogP contribution is -1.58. The van der Waals surface area contributed by atoms with E-state index in [1.165, 1.54) is 4.88 Å². The number of hydrogen-bond donors (Lipinski definition) is 0. The van der Waals surface area contributed by atoms with Gasteiger partial charge in [0.25, 0.3) is 0 Å². The van der Waals surface area contributed by atoms with E-state index in [2.05, 4.69) is 23.9 Å². The predicted octanol–water partition coefficient (Wildman–Crippen LogP) is 2.32. The van der Waals surface area contributed by atoms with E-state index in [-0.39, 0.29) is 0 Å². The van der Waals surface area contributed by atoms with E-state index in [1.807, 2.05) is 6.92 Å². The van der Waals surface area contributed by atoms with Crippen molar-refractivity contribution in [1.82, 2.24) is 0 Å². The Morgan fingerprint density at radius 1 is 1.71 bits per heavy atom. The summed E-state index contributed by atoms with van der Waals surface area (Å²) in [6, 6.07) is 4.16. The highest BCUT2D eigenvalue weighted by Gasteiger charge is 1.83. The van der Waals surface area contributed by atoms with E-state index in [0.29, 0.717) is 0 Å². The molecular formula is C6H7S. The van der Waals surface area contributed by atoms with Crippen molar-refractivity contribution in [2.75, 3.05) is 0 Å². The van der Waals surface area contributed by atoms with Crippen molar-refractivity contribution in [3.8, 4) is 0 Å². The van der Waals surface area contributed by atoms with Crippen LogP contribution >= 0.6 is 11.3 Å². The second-order valence-corrected chi connectivity index (χ2v) is 2.28. The minimum absolute atomic E-state index is 1.35. The van der Waals surface area contributed by atoms with Crippen LogP contribution in [-0.2, 0) is 0 Å². The van der Waals surface area contributed by atoms with E-state index >= 15 is 0 Å². The number of hydrogen-bond acceptors (Lipinski definition) is 1. The molecular weight excluding hydrogens is 104 g/mol. The van der Waals surface area contributed by atoms with Crippen molar-refractivity contribution in [1.29, 1.82) is 0 Å². The summed E-state index contributed by atoms with van der Waals surface area (Å²) in [7, 11) is 0. The van der Waals surface area contributed by atoms with Gasteiger partial charge in [-0.05, 0) is 17.9 Å². The van der Waals surface area contributed by atoms with Crippen LogP contribution in [-0.4, -0.2) is 0 Å². The van der Waals surface area contributed by atoms with Gasteiger partial charge in [-0.3, -0.25) is 0 Å². The Kier molecular flexibility index (Phi) is 1.47. The Morgan fingerprint density at radius 3 is 2.86 bits per heavy atom. The van der Waals surface area contributed by atoms with E-state index in [4.69, 9.17) is 0 Å². The maximum atomic E-state index is 2.10. The molecule has 7 heavy (non-hydrogen) atoms. The minimum Gasteiger partial charge on any atom is -0.149 e. The smallest absolute Gasteiger partial charge is 0.00797 e. The summed E-state index contributed by atoms with van der Waals surface area (Å²) in [5.74, 6) is 0. The zero-order valence-corrected chi connectivity index (χ0v) is 5.03. The van der Waals surface area contributed by atoms with Gasteiger partial charge in [-0.2, -0.15) is 0 Å². The van der Waals surface area contributed by atoms with E-state index < -0.39 is 0 Å². The molecule has 0 N–H and O–H groups in total. The topological polar surface area (TPSA) is 0 Å². The molecule has 37 valence electrons. The molecule has 1 heteroatoms. The van der Waals surface area contributed by atoms with Crippen LogP contribution in [0.4, 0.5) is 0 Å². The standard InChI is InChI=1S/C6H7S/c1-2-6-4-3-5-7-6/h2-5H,1H3. The highest BCUT2D eigenvalue weighted by molar-refractivity contribution is 7.10. The van der Waals surface area contributed by atoms with E-state index in [9.17, 15) is 0 Å². The van der Waals surface area contributed by atoms with Crippen molar-refractivity contribution in [3.63, 3.8) is 0 Å². The molecule has 0 nitrogen and oxygen atoms in total. The average molecular weight is 111 g/mol. The fraction of sp³-hybridized carbons (Fsp3) is 0.167. The van der Waals surface area contributed by atoms with Crippen molar-refractivity contribution in [2.24, 2.45) is 0 Å². The van der Waals surface area contributed by atoms with Gasteiger partial charge in [-0.25, -0.2) is 0 Å². The SMILES string of the molecule is C[CH]c1cccs1. The Balaban J connectivity index is 2.76. The van der Waals surface area contributed by atoms with Crippen LogP contribution < -0.4 is 0 Å². The molecule has 0 atom stereocenters. The fourth-order valence-corrected chi connectivity index (χ4v) is 1.06. The first-order valence-electron chi connectivity index (χ1n) is 2.26. The highest BCUT2D eigenvalue weighted by atomic mass is 32.1. The van der Waals surface area contributed by atoms with Gasteiger partial charge >= 0.3 is 0 Å². The molecule has 0 aliphatic heterocycles. The first-order valence-corrected chi connectivity index (χ1v) is 3.14. The third-order valence-corrected chi connectivity index (χ3v) is 1.76. The first-order chi connectivity index (χ1) is 3.43. The zero-order valence-electron chi connectivity index (χ0n) is 4.22. The normalized spacial score (nSPS) is 9.29. The van der Waals surface area contributed by atoms with Crippen LogP contribution in [0.2, 0.25) is 0 Å². The fourth-order valence-electron chi connectivity index (χ4n) is 0.456. The Hall–Kier alpha value is -0.300. The lowest BCUT2D eigenvalue weighted by Gasteiger charge is -1.77. The van der Waals surface area contributed by atoms with Gasteiger partial charge in [-0.1, -0.05) is 13.0 Å². The van der Waals surface area contributed by atoms with Gasteiger partial charge in [0.15, 0.2) is 0 Å². The largest absolute Gasteiger partial charge is 0.149 e. The van der Waals surface area contributed by atoms with Crippen molar-refractivity contribution < 1.29 is 0 Å². The quantitative estimate of drug-likeness (QED) is 0.521. The molecule has 1 aromatic rings. The van der Waals surface area contributed by atoms with Gasteiger partial charge in [0.05, 0.1) is 0 Å². The first kappa shape index (κ1) is 4.85. The lowest BCUT2D eigenvalue weighted by atomic mass is 10.4. The molecule has 0 saturated carbocycles. The third-order valence-electron chi connectivity index (χ3n) is 0.828. The van der Waals surface area contributed by atoms with Crippen LogP contribution in [0, 0.1) is 6.42 Å². The van der Waals surface area contributed by atoms with Gasteiger partial charge in [-0.15, -0.1) is 11.3 Å². The molecule has 0 unspecified atom stereocenters. The molecule has 0 amide bonds. The molecule has 0 bridgehead atoms. The Morgan fingerprint density at radius 2 is 2.57 bits per heavy atom.